The zero-order chi connectivity index (χ0) is 16.4. The van der Waals surface area contributed by atoms with Gasteiger partial charge in [0.05, 0.1) is 0 Å². The van der Waals surface area contributed by atoms with E-state index in [1.54, 1.807) is 14.8 Å². The Bertz CT molecular complexity index is 643. The third kappa shape index (κ3) is 3.55. The summed E-state index contributed by atoms with van der Waals surface area (Å²) in [6.45, 7) is 6.98. The van der Waals surface area contributed by atoms with Crippen LogP contribution in [0.1, 0.15) is 37.2 Å². The molecule has 1 atom stereocenters. The van der Waals surface area contributed by atoms with Crippen LogP contribution in [0.2, 0.25) is 0 Å². The van der Waals surface area contributed by atoms with Gasteiger partial charge in [0.15, 0.2) is 0 Å². The summed E-state index contributed by atoms with van der Waals surface area (Å²) in [6.07, 6.45) is 3.34. The highest BCUT2D eigenvalue weighted by atomic mass is 32.2. The highest BCUT2D eigenvalue weighted by molar-refractivity contribution is 7.86. The number of nitrogens with one attached hydrogen (secondary N) is 1. The smallest absolute Gasteiger partial charge is 0.282 e. The summed E-state index contributed by atoms with van der Waals surface area (Å²) in [5, 5.41) is 3.23. The number of nitrogens with zero attached hydrogens (tertiary/aromatic N) is 4. The van der Waals surface area contributed by atoms with Crippen LogP contribution in [0.25, 0.3) is 0 Å². The van der Waals surface area contributed by atoms with Crippen LogP contribution in [0, 0.1) is 6.92 Å². The maximum absolute atomic E-state index is 12.8. The quantitative estimate of drug-likeness (QED) is 0.868. The molecule has 1 aromatic rings. The summed E-state index contributed by atoms with van der Waals surface area (Å²) in [5.74, 6) is 1.10. The van der Waals surface area contributed by atoms with E-state index in [2.05, 4.69) is 15.3 Å². The van der Waals surface area contributed by atoms with Crippen molar-refractivity contribution in [3.8, 4) is 0 Å². The second-order valence-corrected chi connectivity index (χ2v) is 8.28. The molecule has 3 heterocycles. The summed E-state index contributed by atoms with van der Waals surface area (Å²) in [5.41, 5.74) is 0.958. The fraction of sp³-hybridized carbons (Fsp3) is 0.733. The molecular formula is C15H25N5O2S. The number of hydrogen-bond acceptors (Lipinski definition) is 5. The molecule has 0 aromatic carbocycles. The van der Waals surface area contributed by atoms with E-state index in [1.807, 2.05) is 19.9 Å². The van der Waals surface area contributed by atoms with Crippen LogP contribution < -0.4 is 5.32 Å². The fourth-order valence-electron chi connectivity index (χ4n) is 3.32. The van der Waals surface area contributed by atoms with Gasteiger partial charge in [-0.1, -0.05) is 0 Å². The Hall–Kier alpha value is -1.09. The van der Waals surface area contributed by atoms with Gasteiger partial charge >= 0.3 is 0 Å². The molecule has 7 nitrogen and oxygen atoms in total. The Labute approximate surface area is 138 Å². The Morgan fingerprint density at radius 2 is 2.00 bits per heavy atom. The summed E-state index contributed by atoms with van der Waals surface area (Å²) in [7, 11) is -3.36. The molecular weight excluding hydrogens is 314 g/mol. The molecule has 2 aliphatic rings. The van der Waals surface area contributed by atoms with Crippen molar-refractivity contribution < 1.29 is 8.42 Å². The van der Waals surface area contributed by atoms with Crippen molar-refractivity contribution in [2.24, 2.45) is 0 Å². The van der Waals surface area contributed by atoms with Gasteiger partial charge in [-0.05, 0) is 32.8 Å². The van der Waals surface area contributed by atoms with Crippen LogP contribution in [0.5, 0.6) is 0 Å². The first-order valence-electron chi connectivity index (χ1n) is 8.25. The lowest BCUT2D eigenvalue weighted by molar-refractivity contribution is 0.238. The monoisotopic (exact) mass is 339 g/mol. The second kappa shape index (κ2) is 6.80. The Morgan fingerprint density at radius 1 is 1.26 bits per heavy atom. The van der Waals surface area contributed by atoms with Crippen molar-refractivity contribution in [1.29, 1.82) is 0 Å². The zero-order valence-electron chi connectivity index (χ0n) is 13.8. The van der Waals surface area contributed by atoms with Gasteiger partial charge in [-0.25, -0.2) is 9.97 Å². The van der Waals surface area contributed by atoms with Gasteiger partial charge < -0.3 is 5.32 Å². The fourth-order valence-corrected chi connectivity index (χ4v) is 5.14. The van der Waals surface area contributed by atoms with Gasteiger partial charge in [-0.15, -0.1) is 0 Å². The summed E-state index contributed by atoms with van der Waals surface area (Å²) < 4.78 is 28.9. The first kappa shape index (κ1) is 16.8. The molecule has 0 saturated carbocycles. The normalized spacial score (nSPS) is 25.6. The topological polar surface area (TPSA) is 78.4 Å². The molecule has 2 fully saturated rings. The van der Waals surface area contributed by atoms with E-state index < -0.39 is 10.2 Å². The molecule has 0 bridgehead atoms. The van der Waals surface area contributed by atoms with Crippen molar-refractivity contribution >= 4 is 10.2 Å². The van der Waals surface area contributed by atoms with E-state index in [9.17, 15) is 8.42 Å². The Kier molecular flexibility index (Phi) is 4.96. The third-order valence-corrected chi connectivity index (χ3v) is 6.85. The molecule has 23 heavy (non-hydrogen) atoms. The molecule has 2 aliphatic heterocycles. The summed E-state index contributed by atoms with van der Waals surface area (Å²) >= 11 is 0. The van der Waals surface area contributed by atoms with Crippen molar-refractivity contribution in [2.45, 2.75) is 38.6 Å². The maximum Gasteiger partial charge on any atom is 0.282 e. The number of piperazine rings is 1. The molecule has 128 valence electrons. The first-order valence-corrected chi connectivity index (χ1v) is 9.65. The molecule has 0 aliphatic carbocycles. The van der Waals surface area contributed by atoms with Crippen LogP contribution >= 0.6 is 0 Å². The van der Waals surface area contributed by atoms with E-state index in [0.29, 0.717) is 26.2 Å². The maximum atomic E-state index is 12.8. The predicted molar refractivity (Wildman–Crippen MR) is 88.3 cm³/mol. The van der Waals surface area contributed by atoms with Crippen LogP contribution in [-0.2, 0) is 10.2 Å². The average molecular weight is 339 g/mol. The van der Waals surface area contributed by atoms with E-state index in [1.165, 1.54) is 0 Å². The molecule has 0 spiro atoms. The van der Waals surface area contributed by atoms with Gasteiger partial charge in [0.25, 0.3) is 10.2 Å². The highest BCUT2D eigenvalue weighted by Crippen LogP contribution is 2.28. The Morgan fingerprint density at radius 3 is 2.65 bits per heavy atom. The number of rotatable bonds is 3. The van der Waals surface area contributed by atoms with Crippen LogP contribution in [-0.4, -0.2) is 65.8 Å². The standard InChI is InChI=1S/C15H25N5O2S/c1-12-3-6-17-15(18-12)14-4-8-19(9-5-14)23(21,22)20-10-7-16-11-13(20)2/h3,6,13-14,16H,4-5,7-11H2,1-2H3. The van der Waals surface area contributed by atoms with Crippen molar-refractivity contribution in [2.75, 3.05) is 32.7 Å². The van der Waals surface area contributed by atoms with E-state index in [0.717, 1.165) is 30.9 Å². The minimum absolute atomic E-state index is 0.00609. The van der Waals surface area contributed by atoms with Crippen molar-refractivity contribution in [3.63, 3.8) is 0 Å². The largest absolute Gasteiger partial charge is 0.314 e. The van der Waals surface area contributed by atoms with Crippen LogP contribution in [0.4, 0.5) is 0 Å². The number of aromatic nitrogens is 2. The molecule has 0 radical (unpaired) electrons. The minimum atomic E-state index is -3.36. The molecule has 1 unspecified atom stereocenters. The number of piperidine rings is 1. The average Bonchev–Trinajstić information content (AvgIpc) is 2.55. The second-order valence-electron chi connectivity index (χ2n) is 6.40. The van der Waals surface area contributed by atoms with E-state index in [-0.39, 0.29) is 12.0 Å². The van der Waals surface area contributed by atoms with Crippen molar-refractivity contribution in [1.82, 2.24) is 23.9 Å². The lowest BCUT2D eigenvalue weighted by Crippen LogP contribution is -2.57. The van der Waals surface area contributed by atoms with Gasteiger partial charge in [-0.2, -0.15) is 17.0 Å². The van der Waals surface area contributed by atoms with Crippen LogP contribution in [0.15, 0.2) is 12.3 Å². The molecule has 1 N–H and O–H groups in total. The first-order chi connectivity index (χ1) is 11.0. The van der Waals surface area contributed by atoms with Gasteiger partial charge in [0, 0.05) is 56.6 Å². The molecule has 3 rings (SSSR count). The van der Waals surface area contributed by atoms with Gasteiger partial charge in [0.1, 0.15) is 5.82 Å². The molecule has 0 amide bonds. The lowest BCUT2D eigenvalue weighted by atomic mass is 9.97. The van der Waals surface area contributed by atoms with Gasteiger partial charge in [-0.3, -0.25) is 0 Å². The van der Waals surface area contributed by atoms with E-state index in [4.69, 9.17) is 0 Å². The SMILES string of the molecule is Cc1ccnc(C2CCN(S(=O)(=O)N3CCNCC3C)CC2)n1. The molecule has 1 aromatic heterocycles. The summed E-state index contributed by atoms with van der Waals surface area (Å²) in [6, 6.07) is 1.89. The number of aryl methyl sites for hydroxylation is 1. The lowest BCUT2D eigenvalue weighted by Gasteiger charge is -2.39. The Balaban J connectivity index is 1.66. The predicted octanol–water partition coefficient (Wildman–Crippen LogP) is 0.503. The van der Waals surface area contributed by atoms with Gasteiger partial charge in [0.2, 0.25) is 0 Å². The zero-order valence-corrected chi connectivity index (χ0v) is 14.6. The molecule has 8 heteroatoms. The molecule has 2 saturated heterocycles. The highest BCUT2D eigenvalue weighted by Gasteiger charge is 2.37. The third-order valence-electron chi connectivity index (χ3n) is 4.70. The van der Waals surface area contributed by atoms with Crippen molar-refractivity contribution in [3.05, 3.63) is 23.8 Å². The van der Waals surface area contributed by atoms with Crippen LogP contribution in [0.3, 0.4) is 0 Å². The minimum Gasteiger partial charge on any atom is -0.314 e. The summed E-state index contributed by atoms with van der Waals surface area (Å²) in [4.78, 5) is 8.84. The number of hydrogen-bond donors (Lipinski definition) is 1. The van der Waals surface area contributed by atoms with E-state index >= 15 is 0 Å².